The number of nitrogens with one attached hydrogen (secondary N) is 4. The van der Waals surface area contributed by atoms with Gasteiger partial charge in [0.1, 0.15) is 12.1 Å². The average Bonchev–Trinajstić information content (AvgIpc) is 3.86. The summed E-state index contributed by atoms with van der Waals surface area (Å²) in [7, 11) is -2.06. The SMILES string of the molecule is C[C@H](C1CC1)N(C)S(=O)(=O)CC1(NC(=O)N[C@H](C(=O)N2C[C@H]3[C@@H]([C@H]2C(=O)N[C@@H](CC2CC2)C(=O)C(=O)NC2CC2)C3(C)C)C(C)(C)C)CCCCC1. The maximum absolute atomic E-state index is 14.6. The summed E-state index contributed by atoms with van der Waals surface area (Å²) >= 11 is 0. The highest BCUT2D eigenvalue weighted by Gasteiger charge is 2.70. The Hall–Kier alpha value is -2.74. The van der Waals surface area contributed by atoms with E-state index in [-0.39, 0.29) is 41.0 Å². The highest BCUT2D eigenvalue weighted by molar-refractivity contribution is 7.89. The second-order valence-corrected chi connectivity index (χ2v) is 20.9. The van der Waals surface area contributed by atoms with Crippen LogP contribution in [0.15, 0.2) is 0 Å². The van der Waals surface area contributed by atoms with E-state index in [0.29, 0.717) is 31.7 Å². The van der Waals surface area contributed by atoms with Crippen LogP contribution in [-0.2, 0) is 29.2 Å². The molecule has 13 nitrogen and oxygen atoms in total. The third-order valence-electron chi connectivity index (χ3n) is 13.1. The van der Waals surface area contributed by atoms with Crippen LogP contribution >= 0.6 is 0 Å². The first-order valence-corrected chi connectivity index (χ1v) is 21.3. The topological polar surface area (TPSA) is 174 Å². The Morgan fingerprint density at radius 1 is 0.923 bits per heavy atom. The van der Waals surface area contributed by atoms with Crippen molar-refractivity contribution in [3.8, 4) is 0 Å². The van der Waals surface area contributed by atoms with Gasteiger partial charge < -0.3 is 26.2 Å². The zero-order valence-electron chi connectivity index (χ0n) is 32.3. The van der Waals surface area contributed by atoms with Crippen molar-refractivity contribution in [1.29, 1.82) is 0 Å². The van der Waals surface area contributed by atoms with E-state index >= 15 is 0 Å². The lowest BCUT2D eigenvalue weighted by atomic mass is 9.83. The summed E-state index contributed by atoms with van der Waals surface area (Å²) in [6.45, 7) is 12.0. The van der Waals surface area contributed by atoms with Crippen LogP contribution in [0.25, 0.3) is 0 Å². The van der Waals surface area contributed by atoms with E-state index in [4.69, 9.17) is 0 Å². The molecule has 5 saturated carbocycles. The zero-order chi connectivity index (χ0) is 38.0. The normalized spacial score (nSPS) is 28.2. The highest BCUT2D eigenvalue weighted by Crippen LogP contribution is 2.65. The first-order chi connectivity index (χ1) is 24.2. The van der Waals surface area contributed by atoms with E-state index in [1.807, 2.05) is 27.7 Å². The van der Waals surface area contributed by atoms with Crippen LogP contribution in [-0.4, -0.2) is 102 Å². The molecule has 5 aliphatic carbocycles. The first kappa shape index (κ1) is 39.0. The Labute approximate surface area is 309 Å². The standard InChI is InChI=1S/C38H62N6O7S/c1-22(24-13-14-24)43(7)52(50,51)21-38(17-9-8-10-18-38)42-35(49)41-31(36(2,3)4)34(48)44-20-26-28(37(26,5)6)29(44)32(46)40-27(19-23-11-12-23)30(45)33(47)39-25-15-16-25/h22-29,31H,8-21H2,1-7H3,(H,39,47)(H,40,46)(H2,41,42,49)/t22-,26+,27+,28+,29+,31-/m1/s1. The van der Waals surface area contributed by atoms with Crippen LogP contribution in [0.3, 0.4) is 0 Å². The second kappa shape index (κ2) is 14.2. The maximum Gasteiger partial charge on any atom is 0.315 e. The van der Waals surface area contributed by atoms with E-state index < -0.39 is 68.6 Å². The van der Waals surface area contributed by atoms with E-state index in [1.54, 1.807) is 11.9 Å². The molecule has 292 valence electrons. The number of piperidine rings is 1. The van der Waals surface area contributed by atoms with Gasteiger partial charge in [0.2, 0.25) is 27.6 Å². The zero-order valence-corrected chi connectivity index (χ0v) is 33.1. The lowest BCUT2D eigenvalue weighted by Crippen LogP contribution is -2.64. The van der Waals surface area contributed by atoms with Crippen LogP contribution in [0.5, 0.6) is 0 Å². The number of amides is 5. The van der Waals surface area contributed by atoms with Gasteiger partial charge in [-0.05, 0) is 86.4 Å². The second-order valence-electron chi connectivity index (χ2n) is 18.8. The number of hydrogen-bond donors (Lipinski definition) is 4. The van der Waals surface area contributed by atoms with Crippen molar-refractivity contribution in [2.24, 2.45) is 34.5 Å². The van der Waals surface area contributed by atoms with Gasteiger partial charge in [-0.1, -0.05) is 66.7 Å². The molecule has 14 heteroatoms. The van der Waals surface area contributed by atoms with Gasteiger partial charge in [-0.15, -0.1) is 0 Å². The molecule has 6 fully saturated rings. The predicted molar refractivity (Wildman–Crippen MR) is 196 cm³/mol. The molecule has 6 rings (SSSR count). The summed E-state index contributed by atoms with van der Waals surface area (Å²) in [6, 6.07) is -3.54. The van der Waals surface area contributed by atoms with Gasteiger partial charge in [0.25, 0.3) is 5.91 Å². The molecular weight excluding hydrogens is 685 g/mol. The Kier molecular flexibility index (Phi) is 10.6. The molecule has 6 atom stereocenters. The number of carbonyl (C=O) groups excluding carboxylic acids is 5. The minimum atomic E-state index is -3.69. The van der Waals surface area contributed by atoms with Crippen molar-refractivity contribution in [3.05, 3.63) is 0 Å². The third-order valence-corrected chi connectivity index (χ3v) is 15.3. The van der Waals surface area contributed by atoms with Crippen LogP contribution in [0.2, 0.25) is 0 Å². The van der Waals surface area contributed by atoms with E-state index in [0.717, 1.165) is 57.8 Å². The third kappa shape index (κ3) is 8.47. The van der Waals surface area contributed by atoms with Gasteiger partial charge in [-0.25, -0.2) is 17.5 Å². The predicted octanol–water partition coefficient (Wildman–Crippen LogP) is 3.08. The number of nitrogens with zero attached hydrogens (tertiary/aromatic N) is 2. The minimum Gasteiger partial charge on any atom is -0.347 e. The number of hydrogen-bond acceptors (Lipinski definition) is 7. The number of carbonyl (C=O) groups is 5. The number of rotatable bonds is 15. The molecular formula is C38H62N6O7S. The fourth-order valence-electron chi connectivity index (χ4n) is 8.97. The molecule has 0 aromatic carbocycles. The number of likely N-dealkylation sites (tertiary alicyclic amines) is 1. The van der Waals surface area contributed by atoms with Gasteiger partial charge in [-0.2, -0.15) is 0 Å². The molecule has 0 bridgehead atoms. The number of ketones is 1. The van der Waals surface area contributed by atoms with Crippen LogP contribution in [0.1, 0.15) is 119 Å². The molecule has 0 aromatic heterocycles. The number of urea groups is 1. The van der Waals surface area contributed by atoms with Gasteiger partial charge in [0.15, 0.2) is 0 Å². The number of Topliss-reactive ketones (excluding diaryl/α,β-unsaturated/α-hetero) is 1. The molecule has 0 unspecified atom stereocenters. The molecule has 5 amide bonds. The van der Waals surface area contributed by atoms with Gasteiger partial charge in [0, 0.05) is 25.7 Å². The fourth-order valence-corrected chi connectivity index (χ4v) is 10.9. The summed E-state index contributed by atoms with van der Waals surface area (Å²) < 4.78 is 28.8. The summed E-state index contributed by atoms with van der Waals surface area (Å²) in [5.41, 5.74) is -1.92. The lowest BCUT2D eigenvalue weighted by molar-refractivity contribution is -0.145. The molecule has 0 spiro atoms. The van der Waals surface area contributed by atoms with E-state index in [9.17, 15) is 32.4 Å². The molecule has 1 heterocycles. The monoisotopic (exact) mass is 746 g/mol. The summed E-state index contributed by atoms with van der Waals surface area (Å²) in [5, 5.41) is 11.6. The molecule has 1 saturated heterocycles. The Morgan fingerprint density at radius 2 is 1.56 bits per heavy atom. The Balaban J connectivity index is 1.17. The van der Waals surface area contributed by atoms with Crippen molar-refractivity contribution in [1.82, 2.24) is 30.5 Å². The Bertz CT molecular complexity index is 1540. The number of sulfonamides is 1. The molecule has 4 N–H and O–H groups in total. The number of fused-ring (bicyclic) bond motifs is 1. The van der Waals surface area contributed by atoms with Crippen molar-refractivity contribution in [2.75, 3.05) is 19.3 Å². The minimum absolute atomic E-state index is 0.0125. The Morgan fingerprint density at radius 3 is 2.12 bits per heavy atom. The largest absolute Gasteiger partial charge is 0.347 e. The summed E-state index contributed by atoms with van der Waals surface area (Å²) in [6.07, 6.45) is 9.57. The van der Waals surface area contributed by atoms with Crippen molar-refractivity contribution in [3.63, 3.8) is 0 Å². The molecule has 52 heavy (non-hydrogen) atoms. The van der Waals surface area contributed by atoms with Gasteiger partial charge in [0.05, 0.1) is 17.3 Å². The van der Waals surface area contributed by atoms with E-state index in [2.05, 4.69) is 35.1 Å². The van der Waals surface area contributed by atoms with Crippen molar-refractivity contribution in [2.45, 2.75) is 154 Å². The van der Waals surface area contributed by atoms with Crippen LogP contribution in [0, 0.1) is 34.5 Å². The summed E-state index contributed by atoms with van der Waals surface area (Å²) in [5.74, 6) is -1.80. The van der Waals surface area contributed by atoms with Crippen molar-refractivity contribution < 1.29 is 32.4 Å². The smallest absolute Gasteiger partial charge is 0.315 e. The first-order valence-electron chi connectivity index (χ1n) is 19.7. The van der Waals surface area contributed by atoms with Crippen LogP contribution in [0.4, 0.5) is 4.79 Å². The molecule has 1 aliphatic heterocycles. The molecule has 0 radical (unpaired) electrons. The van der Waals surface area contributed by atoms with E-state index in [1.165, 1.54) is 4.31 Å². The maximum atomic E-state index is 14.6. The van der Waals surface area contributed by atoms with Gasteiger partial charge in [-0.3, -0.25) is 19.2 Å². The average molecular weight is 747 g/mol. The summed E-state index contributed by atoms with van der Waals surface area (Å²) in [4.78, 5) is 70.3. The van der Waals surface area contributed by atoms with Crippen molar-refractivity contribution >= 4 is 39.6 Å². The molecule has 0 aromatic rings. The quantitative estimate of drug-likeness (QED) is 0.187. The lowest BCUT2D eigenvalue weighted by Gasteiger charge is -2.41. The molecule has 6 aliphatic rings. The van der Waals surface area contributed by atoms with Crippen LogP contribution < -0.4 is 21.3 Å². The fraction of sp³-hybridized carbons (Fsp3) is 0.868. The van der Waals surface area contributed by atoms with Gasteiger partial charge >= 0.3 is 6.03 Å². The highest BCUT2D eigenvalue weighted by atomic mass is 32.2.